The van der Waals surface area contributed by atoms with Crippen molar-refractivity contribution in [1.82, 2.24) is 15.3 Å². The Morgan fingerprint density at radius 1 is 1.19 bits per heavy atom. The van der Waals surface area contributed by atoms with Crippen molar-refractivity contribution in [3.8, 4) is 11.3 Å². The van der Waals surface area contributed by atoms with Crippen molar-refractivity contribution in [2.45, 2.75) is 38.5 Å². The van der Waals surface area contributed by atoms with Crippen molar-refractivity contribution in [1.29, 1.82) is 0 Å². The molecule has 7 N–H and O–H groups in total. The highest BCUT2D eigenvalue weighted by molar-refractivity contribution is 6.08. The number of carbonyl (C=O) groups is 2. The third-order valence-corrected chi connectivity index (χ3v) is 6.07. The summed E-state index contributed by atoms with van der Waals surface area (Å²) in [4.78, 5) is 36.0. The molecule has 2 atom stereocenters. The summed E-state index contributed by atoms with van der Waals surface area (Å²) in [7, 11) is 0. The number of benzene rings is 1. The molecule has 2 amide bonds. The summed E-state index contributed by atoms with van der Waals surface area (Å²) in [5.74, 6) is -1.55. The zero-order valence-corrected chi connectivity index (χ0v) is 20.6. The van der Waals surface area contributed by atoms with Crippen LogP contribution in [0.1, 0.15) is 41.1 Å². The summed E-state index contributed by atoms with van der Waals surface area (Å²) in [6.07, 6.45) is 3.01. The van der Waals surface area contributed by atoms with Gasteiger partial charge in [-0.2, -0.15) is 0 Å². The number of aliphatic hydroxyl groups excluding tert-OH is 1. The molecule has 1 aromatic carbocycles. The van der Waals surface area contributed by atoms with Gasteiger partial charge in [-0.1, -0.05) is 0 Å². The molecule has 10 nitrogen and oxygen atoms in total. The van der Waals surface area contributed by atoms with Gasteiger partial charge >= 0.3 is 0 Å². The van der Waals surface area contributed by atoms with Crippen LogP contribution in [0, 0.1) is 5.82 Å². The largest absolute Gasteiger partial charge is 0.397 e. The van der Waals surface area contributed by atoms with E-state index >= 15 is 0 Å². The zero-order valence-electron chi connectivity index (χ0n) is 20.6. The molecule has 1 saturated heterocycles. The topological polar surface area (TPSA) is 159 Å². The molecule has 0 spiro atoms. The van der Waals surface area contributed by atoms with E-state index in [1.165, 1.54) is 36.5 Å². The van der Waals surface area contributed by atoms with E-state index in [2.05, 4.69) is 20.6 Å². The molecule has 2 aromatic heterocycles. The van der Waals surface area contributed by atoms with E-state index in [0.29, 0.717) is 30.9 Å². The van der Waals surface area contributed by atoms with E-state index in [1.807, 2.05) is 18.7 Å². The molecular formula is C26H30FN7O3. The Balaban J connectivity index is 1.62. The van der Waals surface area contributed by atoms with Crippen LogP contribution in [0.4, 0.5) is 21.5 Å². The highest BCUT2D eigenvalue weighted by atomic mass is 19.1. The van der Waals surface area contributed by atoms with Crippen molar-refractivity contribution < 1.29 is 19.1 Å². The molecule has 0 saturated carbocycles. The molecule has 3 heterocycles. The van der Waals surface area contributed by atoms with E-state index in [4.69, 9.17) is 11.5 Å². The van der Waals surface area contributed by atoms with Crippen LogP contribution in [0.3, 0.4) is 0 Å². The maximum absolute atomic E-state index is 14.7. The minimum Gasteiger partial charge on any atom is -0.397 e. The first-order valence-corrected chi connectivity index (χ1v) is 11.9. The number of nitrogens with one attached hydrogen (secondary N) is 2. The molecule has 3 aromatic rings. The van der Waals surface area contributed by atoms with Crippen LogP contribution in [0.15, 0.2) is 48.8 Å². The minimum absolute atomic E-state index is 0.0633. The summed E-state index contributed by atoms with van der Waals surface area (Å²) in [6.45, 7) is 4.61. The summed E-state index contributed by atoms with van der Waals surface area (Å²) in [5.41, 5.74) is 13.7. The number of nitrogen functional groups attached to an aromatic ring is 1. The highest BCUT2D eigenvalue weighted by Crippen LogP contribution is 2.29. The van der Waals surface area contributed by atoms with Crippen molar-refractivity contribution in [3.63, 3.8) is 0 Å². The van der Waals surface area contributed by atoms with Gasteiger partial charge in [0, 0.05) is 42.5 Å². The quantitative estimate of drug-likeness (QED) is 0.339. The lowest BCUT2D eigenvalue weighted by molar-refractivity contribution is 0.0942. The maximum Gasteiger partial charge on any atom is 0.276 e. The first kappa shape index (κ1) is 26.0. The maximum atomic E-state index is 14.7. The first-order chi connectivity index (χ1) is 17.6. The number of piperidine rings is 1. The third-order valence-electron chi connectivity index (χ3n) is 6.07. The Labute approximate surface area is 213 Å². The first-order valence-electron chi connectivity index (χ1n) is 11.9. The molecule has 1 fully saturated rings. The van der Waals surface area contributed by atoms with E-state index in [9.17, 15) is 19.1 Å². The number of rotatable bonds is 6. The Bertz CT molecular complexity index is 1320. The van der Waals surface area contributed by atoms with Gasteiger partial charge in [-0.3, -0.25) is 14.6 Å². The molecule has 11 heteroatoms. The predicted octanol–water partition coefficient (Wildman–Crippen LogP) is 2.15. The van der Waals surface area contributed by atoms with Gasteiger partial charge in [-0.15, -0.1) is 0 Å². The van der Waals surface area contributed by atoms with E-state index in [1.54, 1.807) is 12.3 Å². The predicted molar refractivity (Wildman–Crippen MR) is 140 cm³/mol. The Morgan fingerprint density at radius 2 is 1.97 bits per heavy atom. The standard InChI is InChI=1S/C26H30FN7O3/c1-14(2)31-25(36)15-3-4-17(27)16(11-15)20-6-5-18(28)24(32-20)26(37)33-21-12-30-9-7-22(21)34-10-8-23(35)19(29)13-34/h3-7,9,11-12,14,19,23,35H,8,10,13,28-29H2,1-2H3,(H,31,36)(H,33,37). The lowest BCUT2D eigenvalue weighted by atomic mass is 10.0. The Kier molecular flexibility index (Phi) is 7.65. The second-order valence-corrected chi connectivity index (χ2v) is 9.27. The van der Waals surface area contributed by atoms with Crippen LogP contribution in [-0.4, -0.2) is 58.2 Å². The number of anilines is 3. The molecule has 194 valence electrons. The Hall–Kier alpha value is -4.09. The van der Waals surface area contributed by atoms with Gasteiger partial charge in [0.1, 0.15) is 5.82 Å². The third kappa shape index (κ3) is 5.84. The summed E-state index contributed by atoms with van der Waals surface area (Å²) >= 11 is 0. The highest BCUT2D eigenvalue weighted by Gasteiger charge is 2.27. The van der Waals surface area contributed by atoms with E-state index in [0.717, 1.165) is 0 Å². The molecule has 0 radical (unpaired) electrons. The average Bonchev–Trinajstić information content (AvgIpc) is 2.86. The lowest BCUT2D eigenvalue weighted by Crippen LogP contribution is -2.51. The SMILES string of the molecule is CC(C)NC(=O)c1ccc(F)c(-c2ccc(N)c(C(=O)Nc3cnccc3N3CCC(O)C(N)C3)n2)c1. The Morgan fingerprint density at radius 3 is 2.70 bits per heavy atom. The number of nitrogens with two attached hydrogens (primary N) is 2. The molecule has 0 aliphatic carbocycles. The van der Waals surface area contributed by atoms with Crippen LogP contribution in [0.25, 0.3) is 11.3 Å². The molecule has 4 rings (SSSR count). The smallest absolute Gasteiger partial charge is 0.276 e. The van der Waals surface area contributed by atoms with Gasteiger partial charge in [0.15, 0.2) is 5.69 Å². The van der Waals surface area contributed by atoms with Crippen LogP contribution < -0.4 is 27.0 Å². The molecular weight excluding hydrogens is 477 g/mol. The summed E-state index contributed by atoms with van der Waals surface area (Å²) < 4.78 is 14.7. The van der Waals surface area contributed by atoms with Crippen LogP contribution in [0.5, 0.6) is 0 Å². The number of nitrogens with zero attached hydrogens (tertiary/aromatic N) is 3. The number of hydrogen-bond acceptors (Lipinski definition) is 8. The van der Waals surface area contributed by atoms with Gasteiger partial charge in [0.05, 0.1) is 35.1 Å². The van der Waals surface area contributed by atoms with Crippen molar-refractivity contribution in [2.75, 3.05) is 29.0 Å². The average molecular weight is 508 g/mol. The molecule has 1 aliphatic heterocycles. The molecule has 1 aliphatic rings. The number of amides is 2. The van der Waals surface area contributed by atoms with E-state index < -0.39 is 23.9 Å². The van der Waals surface area contributed by atoms with Crippen LogP contribution in [0.2, 0.25) is 0 Å². The second-order valence-electron chi connectivity index (χ2n) is 9.27. The van der Waals surface area contributed by atoms with Gasteiger partial charge in [-0.25, -0.2) is 9.37 Å². The second kappa shape index (κ2) is 10.9. The monoisotopic (exact) mass is 507 g/mol. The van der Waals surface area contributed by atoms with Crippen molar-refractivity contribution in [2.24, 2.45) is 5.73 Å². The number of carbonyl (C=O) groups excluding carboxylic acids is 2. The number of aliphatic hydroxyl groups is 1. The normalized spacial score (nSPS) is 17.5. The zero-order chi connectivity index (χ0) is 26.7. The van der Waals surface area contributed by atoms with Crippen LogP contribution >= 0.6 is 0 Å². The van der Waals surface area contributed by atoms with Crippen LogP contribution in [-0.2, 0) is 0 Å². The summed E-state index contributed by atoms with van der Waals surface area (Å²) in [5, 5.41) is 15.5. The molecule has 2 unspecified atom stereocenters. The van der Waals surface area contributed by atoms with E-state index in [-0.39, 0.29) is 40.2 Å². The fraction of sp³-hybridized carbons (Fsp3) is 0.308. The van der Waals surface area contributed by atoms with Gasteiger partial charge in [0.25, 0.3) is 11.8 Å². The van der Waals surface area contributed by atoms with Crippen molar-refractivity contribution >= 4 is 28.9 Å². The van der Waals surface area contributed by atoms with Gasteiger partial charge < -0.3 is 32.1 Å². The van der Waals surface area contributed by atoms with Gasteiger partial charge in [0.2, 0.25) is 0 Å². The number of hydrogen-bond donors (Lipinski definition) is 5. The van der Waals surface area contributed by atoms with Crippen molar-refractivity contribution in [3.05, 3.63) is 65.9 Å². The number of aromatic nitrogens is 2. The molecule has 0 bridgehead atoms. The number of pyridine rings is 2. The fourth-order valence-corrected chi connectivity index (χ4v) is 4.14. The fourth-order valence-electron chi connectivity index (χ4n) is 4.14. The number of halogens is 1. The molecule has 37 heavy (non-hydrogen) atoms. The van der Waals surface area contributed by atoms with Gasteiger partial charge in [-0.05, 0) is 56.7 Å². The summed E-state index contributed by atoms with van der Waals surface area (Å²) in [6, 6.07) is 8.15. The lowest BCUT2D eigenvalue weighted by Gasteiger charge is -2.36. The minimum atomic E-state index is -0.607.